The minimum atomic E-state index is -2.13. The average molecular weight is 456 g/mol. The van der Waals surface area contributed by atoms with Gasteiger partial charge in [0.1, 0.15) is 34.2 Å². The van der Waals surface area contributed by atoms with Gasteiger partial charge in [-0.2, -0.15) is 5.10 Å². The lowest BCUT2D eigenvalue weighted by atomic mass is 9.85. The summed E-state index contributed by atoms with van der Waals surface area (Å²) in [6.45, 7) is 1.08. The molecule has 0 amide bonds. The van der Waals surface area contributed by atoms with Gasteiger partial charge < -0.3 is 10.0 Å². The Balaban J connectivity index is 2.18. The first-order valence-corrected chi connectivity index (χ1v) is 9.47. The van der Waals surface area contributed by atoms with Crippen LogP contribution in [0.25, 0.3) is 0 Å². The summed E-state index contributed by atoms with van der Waals surface area (Å²) in [4.78, 5) is 4.83. The Hall–Kier alpha value is -2.50. The van der Waals surface area contributed by atoms with E-state index in [1.54, 1.807) is 0 Å². The molecule has 2 atom stereocenters. The van der Waals surface area contributed by atoms with E-state index in [4.69, 9.17) is 12.2 Å². The first-order valence-electron chi connectivity index (χ1n) is 8.61. The summed E-state index contributed by atoms with van der Waals surface area (Å²) >= 11 is 9.19. The molecule has 0 radical (unpaired) electrons. The Morgan fingerprint density at radius 2 is 1.97 bits per heavy atom. The summed E-state index contributed by atoms with van der Waals surface area (Å²) in [6, 6.07) is 4.89. The van der Waals surface area contributed by atoms with Crippen LogP contribution in [0, 0.1) is 23.3 Å². The molecule has 0 aliphatic heterocycles. The minimum Gasteiger partial charge on any atom is -0.381 e. The summed E-state index contributed by atoms with van der Waals surface area (Å²) < 4.78 is 57.6. The second-order valence-electron chi connectivity index (χ2n) is 6.54. The molecule has 0 bridgehead atoms. The number of halogens is 4. The Bertz CT molecular complexity index is 1070. The zero-order chi connectivity index (χ0) is 22.1. The van der Waals surface area contributed by atoms with Crippen LogP contribution in [0.1, 0.15) is 12.5 Å². The zero-order valence-corrected chi connectivity index (χ0v) is 17.2. The Labute approximate surface area is 180 Å². The van der Waals surface area contributed by atoms with E-state index in [-0.39, 0.29) is 22.1 Å². The van der Waals surface area contributed by atoms with Gasteiger partial charge in [0, 0.05) is 11.6 Å². The molecule has 158 valence electrons. The number of thiol groups is 1. The van der Waals surface area contributed by atoms with Crippen molar-refractivity contribution in [1.29, 1.82) is 0 Å². The number of benzene rings is 2. The molecule has 1 aromatic heterocycles. The molecule has 11 heteroatoms. The third-order valence-corrected chi connectivity index (χ3v) is 5.15. The van der Waals surface area contributed by atoms with Crippen molar-refractivity contribution in [2.45, 2.75) is 25.1 Å². The van der Waals surface area contributed by atoms with Crippen LogP contribution in [-0.2, 0) is 12.1 Å². The maximum absolute atomic E-state index is 14.7. The second-order valence-corrected chi connectivity index (χ2v) is 7.66. The lowest BCUT2D eigenvalue weighted by Gasteiger charge is -2.41. The predicted octanol–water partition coefficient (Wildman–Crippen LogP) is 3.83. The SMILES string of the molecule is C[C@@H](N(C(=S)S)c1cccc(F)c1F)[C@](O)(Cn1cncn1)c1ccc(F)cc1F. The van der Waals surface area contributed by atoms with E-state index in [1.807, 2.05) is 0 Å². The second kappa shape index (κ2) is 8.70. The van der Waals surface area contributed by atoms with Gasteiger partial charge in [-0.25, -0.2) is 27.2 Å². The molecule has 30 heavy (non-hydrogen) atoms. The number of nitrogens with zero attached hydrogens (tertiary/aromatic N) is 4. The lowest BCUT2D eigenvalue weighted by molar-refractivity contribution is -0.00747. The topological polar surface area (TPSA) is 54.2 Å². The van der Waals surface area contributed by atoms with Gasteiger partial charge in [-0.15, -0.1) is 12.6 Å². The smallest absolute Gasteiger partial charge is 0.182 e. The normalized spacial score (nSPS) is 14.2. The van der Waals surface area contributed by atoms with Crippen molar-refractivity contribution in [3.8, 4) is 0 Å². The fraction of sp³-hybridized carbons (Fsp3) is 0.211. The van der Waals surface area contributed by atoms with Gasteiger partial charge in [-0.05, 0) is 25.1 Å². The number of aromatic nitrogens is 3. The Morgan fingerprint density at radius 3 is 2.57 bits per heavy atom. The molecule has 0 saturated heterocycles. The fourth-order valence-electron chi connectivity index (χ4n) is 3.21. The van der Waals surface area contributed by atoms with Crippen molar-refractivity contribution >= 4 is 34.9 Å². The number of aliphatic hydroxyl groups is 1. The van der Waals surface area contributed by atoms with Crippen LogP contribution < -0.4 is 4.90 Å². The molecular weight excluding hydrogens is 440 g/mol. The quantitative estimate of drug-likeness (QED) is 0.336. The molecule has 2 aromatic carbocycles. The van der Waals surface area contributed by atoms with Gasteiger partial charge in [-0.3, -0.25) is 0 Å². The summed E-state index contributed by atoms with van der Waals surface area (Å²) in [5, 5.41) is 15.5. The van der Waals surface area contributed by atoms with Gasteiger partial charge in [0.2, 0.25) is 0 Å². The van der Waals surface area contributed by atoms with Crippen molar-refractivity contribution in [2.75, 3.05) is 4.90 Å². The van der Waals surface area contributed by atoms with Gasteiger partial charge in [0.15, 0.2) is 11.6 Å². The van der Waals surface area contributed by atoms with Gasteiger partial charge in [-0.1, -0.05) is 24.4 Å². The number of rotatable bonds is 6. The first kappa shape index (κ1) is 22.2. The van der Waals surface area contributed by atoms with Crippen LogP contribution in [0.2, 0.25) is 0 Å². The molecule has 1 heterocycles. The van der Waals surface area contributed by atoms with Crippen molar-refractivity contribution in [3.05, 3.63) is 77.9 Å². The van der Waals surface area contributed by atoms with Gasteiger partial charge >= 0.3 is 0 Å². The van der Waals surface area contributed by atoms with Crippen LogP contribution in [0.5, 0.6) is 0 Å². The summed E-state index contributed by atoms with van der Waals surface area (Å²) in [6.07, 6.45) is 2.49. The number of anilines is 1. The van der Waals surface area contributed by atoms with Crippen molar-refractivity contribution in [1.82, 2.24) is 14.8 Å². The molecule has 1 N–H and O–H groups in total. The fourth-order valence-corrected chi connectivity index (χ4v) is 3.75. The molecule has 0 aliphatic rings. The zero-order valence-electron chi connectivity index (χ0n) is 15.5. The molecular formula is C19H16F4N4OS2. The van der Waals surface area contributed by atoms with E-state index in [0.717, 1.165) is 23.1 Å². The molecule has 0 fully saturated rings. The summed E-state index contributed by atoms with van der Waals surface area (Å²) in [5.41, 5.74) is -2.72. The highest BCUT2D eigenvalue weighted by Gasteiger charge is 2.43. The highest BCUT2D eigenvalue weighted by Crippen LogP contribution is 2.36. The van der Waals surface area contributed by atoms with Crippen LogP contribution in [-0.4, -0.2) is 30.2 Å². The van der Waals surface area contributed by atoms with E-state index in [1.165, 1.54) is 36.4 Å². The van der Waals surface area contributed by atoms with Crippen LogP contribution in [0.3, 0.4) is 0 Å². The standard InChI is InChI=1S/C19H16F4N4OS2/c1-11(27(18(29)30)16-4-2-3-14(21)17(16)23)19(28,8-26-10-24-9-25-26)13-6-5-12(20)7-15(13)22/h2-7,9-11,28H,8H2,1H3,(H,29,30)/t11-,19-/m1/s1. The number of thiocarbonyl (C=S) groups is 1. The van der Waals surface area contributed by atoms with E-state index in [0.29, 0.717) is 6.07 Å². The van der Waals surface area contributed by atoms with E-state index >= 15 is 0 Å². The molecule has 0 aliphatic carbocycles. The van der Waals surface area contributed by atoms with Crippen molar-refractivity contribution < 1.29 is 22.7 Å². The average Bonchev–Trinajstić information content (AvgIpc) is 3.17. The molecule has 3 aromatic rings. The third kappa shape index (κ3) is 4.18. The Morgan fingerprint density at radius 1 is 1.23 bits per heavy atom. The van der Waals surface area contributed by atoms with Crippen LogP contribution in [0.4, 0.5) is 23.2 Å². The summed E-state index contributed by atoms with van der Waals surface area (Å²) in [7, 11) is 0. The van der Waals surface area contributed by atoms with Crippen molar-refractivity contribution in [2.24, 2.45) is 0 Å². The largest absolute Gasteiger partial charge is 0.381 e. The third-order valence-electron chi connectivity index (χ3n) is 4.74. The lowest BCUT2D eigenvalue weighted by Crippen LogP contribution is -2.53. The number of hydrogen-bond acceptors (Lipinski definition) is 4. The van der Waals surface area contributed by atoms with Gasteiger partial charge in [0.25, 0.3) is 0 Å². The molecule has 0 saturated carbocycles. The predicted molar refractivity (Wildman–Crippen MR) is 110 cm³/mol. The molecule has 3 rings (SSSR count). The van der Waals surface area contributed by atoms with E-state index < -0.39 is 34.9 Å². The minimum absolute atomic E-state index is 0.202. The summed E-state index contributed by atoms with van der Waals surface area (Å²) in [5.74, 6) is -4.23. The highest BCUT2D eigenvalue weighted by atomic mass is 32.1. The van der Waals surface area contributed by atoms with E-state index in [2.05, 4.69) is 22.7 Å². The highest BCUT2D eigenvalue weighted by molar-refractivity contribution is 8.11. The van der Waals surface area contributed by atoms with Crippen LogP contribution >= 0.6 is 24.8 Å². The van der Waals surface area contributed by atoms with Crippen LogP contribution in [0.15, 0.2) is 49.1 Å². The monoisotopic (exact) mass is 456 g/mol. The number of hydrogen-bond donors (Lipinski definition) is 2. The van der Waals surface area contributed by atoms with Gasteiger partial charge in [0.05, 0.1) is 18.3 Å². The van der Waals surface area contributed by atoms with Crippen molar-refractivity contribution in [3.63, 3.8) is 0 Å². The molecule has 0 unspecified atom stereocenters. The first-order chi connectivity index (χ1) is 14.1. The molecule has 0 spiro atoms. The maximum atomic E-state index is 14.7. The Kier molecular flexibility index (Phi) is 6.44. The molecule has 5 nitrogen and oxygen atoms in total. The van der Waals surface area contributed by atoms with E-state index in [9.17, 15) is 22.7 Å². The maximum Gasteiger partial charge on any atom is 0.182 e.